The van der Waals surface area contributed by atoms with Gasteiger partial charge in [-0.2, -0.15) is 0 Å². The van der Waals surface area contributed by atoms with E-state index in [-0.39, 0.29) is 0 Å². The number of hydrogen-bond acceptors (Lipinski definition) is 3. The largest absolute Gasteiger partial charge is 0.641 e. The molecule has 0 radical (unpaired) electrons. The molecule has 0 saturated carbocycles. The van der Waals surface area contributed by atoms with E-state index in [1.54, 1.807) is 0 Å². The first-order valence-electron chi connectivity index (χ1n) is 2.61. The molecule has 0 amide bonds. The first-order valence-corrected chi connectivity index (χ1v) is 3.36. The van der Waals surface area contributed by atoms with E-state index in [0.717, 1.165) is 0 Å². The minimum Gasteiger partial charge on any atom is -0.389 e. The topological polar surface area (TPSA) is 27.7 Å². The van der Waals surface area contributed by atoms with E-state index in [2.05, 4.69) is 9.31 Å². The quantitative estimate of drug-likeness (QED) is 0.492. The molecule has 0 rings (SSSR count). The van der Waals surface area contributed by atoms with E-state index < -0.39 is 11.8 Å². The molecule has 60 valence electrons. The Morgan fingerprint density at radius 2 is 1.60 bits per heavy atom. The second-order valence-corrected chi connectivity index (χ2v) is 3.32. The zero-order valence-electron chi connectivity index (χ0n) is 6.06. The molecule has 0 aliphatic heterocycles. The summed E-state index contributed by atoms with van der Waals surface area (Å²) < 4.78 is 12.9. The number of halogens is 2. The summed E-state index contributed by atoms with van der Waals surface area (Å²) in [6.07, 6.45) is 0. The van der Waals surface area contributed by atoms with Crippen molar-refractivity contribution in [1.82, 2.24) is 0 Å². The minimum absolute atomic E-state index is 0.819. The average Bonchev–Trinajstić information content (AvgIpc) is 1.81. The van der Waals surface area contributed by atoms with Gasteiger partial charge in [-0.3, -0.25) is 0 Å². The molecule has 6 heteroatoms. The van der Waals surface area contributed by atoms with Gasteiger partial charge in [0.1, 0.15) is 0 Å². The Morgan fingerprint density at radius 3 is 1.70 bits per heavy atom. The standard InChI is InChI=1S/C4H9BCl2O3/c1-4(6,7)10-5(8-2)9-3/h1-3H3. The van der Waals surface area contributed by atoms with Crippen molar-refractivity contribution in [2.24, 2.45) is 0 Å². The predicted molar refractivity (Wildman–Crippen MR) is 41.0 cm³/mol. The normalized spacial score (nSPS) is 11.7. The van der Waals surface area contributed by atoms with Crippen molar-refractivity contribution in [2.45, 2.75) is 11.4 Å². The van der Waals surface area contributed by atoms with Crippen LogP contribution in [0.2, 0.25) is 0 Å². The van der Waals surface area contributed by atoms with Gasteiger partial charge in [-0.1, -0.05) is 23.2 Å². The number of rotatable bonds is 4. The van der Waals surface area contributed by atoms with E-state index in [1.165, 1.54) is 21.1 Å². The molecule has 0 spiro atoms. The molecule has 0 aromatic heterocycles. The van der Waals surface area contributed by atoms with Gasteiger partial charge in [0.2, 0.25) is 4.52 Å². The molecule has 0 N–H and O–H groups in total. The highest BCUT2D eigenvalue weighted by Crippen LogP contribution is 2.21. The van der Waals surface area contributed by atoms with Gasteiger partial charge in [0.25, 0.3) is 0 Å². The molecule has 0 aliphatic carbocycles. The molecule has 0 bridgehead atoms. The van der Waals surface area contributed by atoms with Crippen LogP contribution in [-0.2, 0) is 14.0 Å². The van der Waals surface area contributed by atoms with E-state index in [9.17, 15) is 0 Å². The monoisotopic (exact) mass is 186 g/mol. The van der Waals surface area contributed by atoms with Crippen molar-refractivity contribution in [3.8, 4) is 0 Å². The molecule has 10 heavy (non-hydrogen) atoms. The minimum atomic E-state index is -1.28. The van der Waals surface area contributed by atoms with Crippen molar-refractivity contribution in [3.05, 3.63) is 0 Å². The van der Waals surface area contributed by atoms with Gasteiger partial charge in [-0.05, 0) is 6.92 Å². The fraction of sp³-hybridized carbons (Fsp3) is 1.00. The second-order valence-electron chi connectivity index (χ2n) is 1.69. The fourth-order valence-corrected chi connectivity index (χ4v) is 0.507. The van der Waals surface area contributed by atoms with Crippen molar-refractivity contribution in [1.29, 1.82) is 0 Å². The summed E-state index contributed by atoms with van der Waals surface area (Å²) in [7, 11) is 2.03. The fourth-order valence-electron chi connectivity index (χ4n) is 0.361. The third-order valence-electron chi connectivity index (χ3n) is 0.688. The van der Waals surface area contributed by atoms with Gasteiger partial charge in [0.05, 0.1) is 0 Å². The summed E-state index contributed by atoms with van der Waals surface area (Å²) in [6, 6.07) is 0. The van der Waals surface area contributed by atoms with Gasteiger partial charge >= 0.3 is 7.32 Å². The van der Waals surface area contributed by atoms with Crippen molar-refractivity contribution in [3.63, 3.8) is 0 Å². The SMILES string of the molecule is COB(OC)OC(C)(Cl)Cl. The van der Waals surface area contributed by atoms with Gasteiger partial charge in [-0.15, -0.1) is 0 Å². The maximum Gasteiger partial charge on any atom is 0.641 e. The highest BCUT2D eigenvalue weighted by molar-refractivity contribution is 6.50. The maximum absolute atomic E-state index is 5.47. The molecule has 0 fully saturated rings. The molecule has 0 saturated heterocycles. The van der Waals surface area contributed by atoms with Crippen LogP contribution < -0.4 is 0 Å². The summed E-state index contributed by atoms with van der Waals surface area (Å²) in [4.78, 5) is 0. The van der Waals surface area contributed by atoms with Gasteiger partial charge < -0.3 is 14.0 Å². The molecule has 0 heterocycles. The molecule has 0 atom stereocenters. The Labute approximate surface area is 70.7 Å². The Balaban J connectivity index is 3.63. The smallest absolute Gasteiger partial charge is 0.389 e. The third-order valence-corrected chi connectivity index (χ3v) is 0.866. The lowest BCUT2D eigenvalue weighted by molar-refractivity contribution is 0.111. The van der Waals surface area contributed by atoms with Crippen LogP contribution in [0.5, 0.6) is 0 Å². The van der Waals surface area contributed by atoms with Gasteiger partial charge in [0, 0.05) is 14.2 Å². The van der Waals surface area contributed by atoms with Crippen molar-refractivity contribution in [2.75, 3.05) is 14.2 Å². The lowest BCUT2D eigenvalue weighted by Crippen LogP contribution is -2.31. The summed E-state index contributed by atoms with van der Waals surface area (Å²) in [6.45, 7) is 1.47. The molecule has 0 aromatic rings. The summed E-state index contributed by atoms with van der Waals surface area (Å²) in [5.74, 6) is 0. The van der Waals surface area contributed by atoms with Crippen LogP contribution in [0.4, 0.5) is 0 Å². The molecular weight excluding hydrogens is 178 g/mol. The van der Waals surface area contributed by atoms with Crippen LogP contribution in [0.25, 0.3) is 0 Å². The number of alkyl halides is 2. The van der Waals surface area contributed by atoms with Crippen LogP contribution in [0, 0.1) is 0 Å². The first kappa shape index (κ1) is 10.5. The van der Waals surface area contributed by atoms with Crippen LogP contribution in [0.3, 0.4) is 0 Å². The lowest BCUT2D eigenvalue weighted by Gasteiger charge is -2.17. The Kier molecular flexibility index (Phi) is 4.64. The Hall–Kier alpha value is 0.525. The molecule has 0 aliphatic rings. The average molecular weight is 187 g/mol. The van der Waals surface area contributed by atoms with Crippen LogP contribution >= 0.6 is 23.2 Å². The Bertz CT molecular complexity index is 91.0. The lowest BCUT2D eigenvalue weighted by atomic mass is 10.2. The molecule has 3 nitrogen and oxygen atoms in total. The molecule has 0 aromatic carbocycles. The third kappa shape index (κ3) is 5.32. The Morgan fingerprint density at radius 1 is 1.20 bits per heavy atom. The summed E-state index contributed by atoms with van der Waals surface area (Å²) in [5, 5.41) is 0. The van der Waals surface area contributed by atoms with E-state index in [0.29, 0.717) is 0 Å². The summed E-state index contributed by atoms with van der Waals surface area (Å²) in [5.41, 5.74) is 0. The first-order chi connectivity index (χ1) is 4.49. The van der Waals surface area contributed by atoms with Crippen molar-refractivity contribution >= 4 is 30.5 Å². The molecule has 0 unspecified atom stereocenters. The van der Waals surface area contributed by atoms with E-state index in [1.807, 2.05) is 0 Å². The maximum atomic E-state index is 5.47. The highest BCUT2D eigenvalue weighted by atomic mass is 35.5. The predicted octanol–water partition coefficient (Wildman–Crippen LogP) is 1.43. The zero-order valence-corrected chi connectivity index (χ0v) is 7.57. The van der Waals surface area contributed by atoms with Gasteiger partial charge in [0.15, 0.2) is 0 Å². The van der Waals surface area contributed by atoms with Crippen LogP contribution in [-0.4, -0.2) is 26.1 Å². The van der Waals surface area contributed by atoms with E-state index in [4.69, 9.17) is 27.9 Å². The second kappa shape index (κ2) is 4.41. The zero-order chi connectivity index (χ0) is 8.20. The van der Waals surface area contributed by atoms with Gasteiger partial charge in [-0.25, -0.2) is 0 Å². The number of hydrogen-bond donors (Lipinski definition) is 0. The summed E-state index contributed by atoms with van der Waals surface area (Å²) >= 11 is 10.9. The van der Waals surface area contributed by atoms with Crippen LogP contribution in [0.1, 0.15) is 6.92 Å². The van der Waals surface area contributed by atoms with E-state index >= 15 is 0 Å². The van der Waals surface area contributed by atoms with Crippen LogP contribution in [0.15, 0.2) is 0 Å². The van der Waals surface area contributed by atoms with Crippen molar-refractivity contribution < 1.29 is 14.0 Å². The molecular formula is C4H9BCl2O3. The highest BCUT2D eigenvalue weighted by Gasteiger charge is 2.28.